The topological polar surface area (TPSA) is 94.5 Å². The molecule has 230 valence electrons. The van der Waals surface area contributed by atoms with E-state index in [1.165, 1.54) is 84.0 Å². The Morgan fingerprint density at radius 1 is 0.949 bits per heavy atom. The highest BCUT2D eigenvalue weighted by atomic mass is 32.2. The zero-order valence-electron chi connectivity index (χ0n) is 25.3. The molecule has 39 heavy (non-hydrogen) atoms. The second-order valence-electron chi connectivity index (χ2n) is 10.6. The summed E-state index contributed by atoms with van der Waals surface area (Å²) in [4.78, 5) is 24.9. The summed E-state index contributed by atoms with van der Waals surface area (Å²) < 4.78 is 33.8. The van der Waals surface area contributed by atoms with Crippen molar-refractivity contribution in [2.45, 2.75) is 136 Å². The van der Waals surface area contributed by atoms with E-state index in [-0.39, 0.29) is 13.2 Å². The van der Waals surface area contributed by atoms with Crippen LogP contribution in [0.1, 0.15) is 124 Å². The Labute approximate surface area is 242 Å². The molecule has 0 bridgehead atoms. The third kappa shape index (κ3) is 18.5. The third-order valence-corrected chi connectivity index (χ3v) is 9.46. The molecule has 0 aromatic carbocycles. The fourth-order valence-corrected chi connectivity index (χ4v) is 6.32. The lowest BCUT2D eigenvalue weighted by molar-refractivity contribution is -0.157. The number of nitrogens with zero attached hydrogens (tertiary/aromatic N) is 1. The fourth-order valence-electron chi connectivity index (χ4n) is 4.45. The van der Waals surface area contributed by atoms with Crippen LogP contribution in [0.25, 0.3) is 0 Å². The van der Waals surface area contributed by atoms with Crippen LogP contribution in [-0.2, 0) is 27.9 Å². The Balaban J connectivity index is 2.15. The highest BCUT2D eigenvalue weighted by Gasteiger charge is 2.28. The Hall–Kier alpha value is -0.570. The molecule has 1 rings (SSSR count). The second kappa shape index (κ2) is 22.1. The zero-order chi connectivity index (χ0) is 28.9. The van der Waals surface area contributed by atoms with Gasteiger partial charge in [0.2, 0.25) is 0 Å². The third-order valence-electron chi connectivity index (χ3n) is 7.11. The van der Waals surface area contributed by atoms with Gasteiger partial charge in [0.1, 0.15) is 0 Å². The summed E-state index contributed by atoms with van der Waals surface area (Å²) in [5.74, 6) is 0.379. The summed E-state index contributed by atoms with van der Waals surface area (Å²) in [5, 5.41) is 0. The van der Waals surface area contributed by atoms with Crippen molar-refractivity contribution in [1.29, 1.82) is 0 Å². The molecule has 0 aromatic rings. The molecule has 1 aliphatic heterocycles. The molecule has 0 fully saturated rings. The lowest BCUT2D eigenvalue weighted by Crippen LogP contribution is -2.35. The molecule has 0 amide bonds. The van der Waals surface area contributed by atoms with Crippen LogP contribution in [0.2, 0.25) is 0 Å². The maximum Gasteiger partial charge on any atom is 0.472 e. The van der Waals surface area contributed by atoms with Crippen molar-refractivity contribution >= 4 is 25.6 Å². The van der Waals surface area contributed by atoms with Gasteiger partial charge in [0.05, 0.1) is 25.2 Å². The lowest BCUT2D eigenvalue weighted by atomic mass is 10.0. The molecule has 10 heteroatoms. The van der Waals surface area contributed by atoms with Gasteiger partial charge in [-0.15, -0.1) is 11.8 Å². The number of esters is 1. The molecule has 1 aliphatic rings. The van der Waals surface area contributed by atoms with Gasteiger partial charge in [-0.2, -0.15) is 0 Å². The lowest BCUT2D eigenvalue weighted by Gasteiger charge is -2.24. The summed E-state index contributed by atoms with van der Waals surface area (Å²) in [5.41, 5.74) is 1.15. The molecule has 0 radical (unpaired) electrons. The van der Waals surface area contributed by atoms with E-state index in [1.807, 2.05) is 14.0 Å². The Kier molecular flexibility index (Phi) is 20.6. The maximum atomic E-state index is 12.4. The molecule has 8 nitrogen and oxygen atoms in total. The number of allylic oxidation sites excluding steroid dienone is 1. The molecule has 0 saturated carbocycles. The quantitative estimate of drug-likeness (QED) is 0.0638. The average molecular weight is 594 g/mol. The molecule has 0 aromatic heterocycles. The minimum atomic E-state index is -4.28. The number of hydrogen-bond donors (Lipinski definition) is 1. The predicted octanol–water partition coefficient (Wildman–Crippen LogP) is 8.20. The van der Waals surface area contributed by atoms with E-state index in [1.54, 1.807) is 18.7 Å². The monoisotopic (exact) mass is 593 g/mol. The molecule has 0 spiro atoms. The van der Waals surface area contributed by atoms with Gasteiger partial charge in [-0.3, -0.25) is 13.8 Å². The van der Waals surface area contributed by atoms with Crippen LogP contribution in [0, 0.1) is 0 Å². The number of hydrogen-bond acceptors (Lipinski definition) is 8. The zero-order valence-corrected chi connectivity index (χ0v) is 27.0. The smallest absolute Gasteiger partial charge is 0.457 e. The standard InChI is InChI=1S/C29H56NO7PS/c1-6-7-8-9-10-11-12-13-14-15-16-17-18-19-21-34-26(3)28(37-27(4)31)23-36-38(32,33)35-22-20-29-25(2)30(5)24-39-29/h26,28H,6-24H2,1-5H3,(H,32,33). The van der Waals surface area contributed by atoms with Gasteiger partial charge in [0.25, 0.3) is 0 Å². The van der Waals surface area contributed by atoms with E-state index in [0.717, 1.165) is 29.3 Å². The van der Waals surface area contributed by atoms with Gasteiger partial charge in [0, 0.05) is 37.6 Å². The van der Waals surface area contributed by atoms with Gasteiger partial charge in [-0.25, -0.2) is 4.57 Å². The van der Waals surface area contributed by atoms with Crippen molar-refractivity contribution in [3.63, 3.8) is 0 Å². The van der Waals surface area contributed by atoms with Crippen molar-refractivity contribution in [2.24, 2.45) is 0 Å². The number of carbonyl (C=O) groups excluding carboxylic acids is 1. The maximum absolute atomic E-state index is 12.4. The molecular formula is C29H56NO7PS. The van der Waals surface area contributed by atoms with Crippen LogP contribution in [0.4, 0.5) is 0 Å². The fraction of sp³-hybridized carbons (Fsp3) is 0.897. The number of rotatable bonds is 25. The molecular weight excluding hydrogens is 537 g/mol. The highest BCUT2D eigenvalue weighted by molar-refractivity contribution is 8.03. The van der Waals surface area contributed by atoms with Crippen molar-refractivity contribution in [2.75, 3.05) is 32.7 Å². The van der Waals surface area contributed by atoms with Crippen LogP contribution in [0.15, 0.2) is 10.6 Å². The van der Waals surface area contributed by atoms with Crippen LogP contribution in [0.3, 0.4) is 0 Å². The summed E-state index contributed by atoms with van der Waals surface area (Å²) in [6.07, 6.45) is 17.4. The van der Waals surface area contributed by atoms with Crippen LogP contribution in [-0.4, -0.2) is 60.7 Å². The van der Waals surface area contributed by atoms with Crippen LogP contribution in [0.5, 0.6) is 0 Å². The first-order valence-corrected chi connectivity index (χ1v) is 17.6. The van der Waals surface area contributed by atoms with Crippen LogP contribution >= 0.6 is 19.6 Å². The van der Waals surface area contributed by atoms with Gasteiger partial charge in [-0.05, 0) is 20.3 Å². The van der Waals surface area contributed by atoms with Crippen molar-refractivity contribution in [3.05, 3.63) is 10.6 Å². The largest absolute Gasteiger partial charge is 0.472 e. The first-order valence-electron chi connectivity index (χ1n) is 15.1. The van der Waals surface area contributed by atoms with Crippen molar-refractivity contribution in [1.82, 2.24) is 4.90 Å². The Morgan fingerprint density at radius 3 is 1.97 bits per heavy atom. The van der Waals surface area contributed by atoms with Crippen LogP contribution < -0.4 is 0 Å². The van der Waals surface area contributed by atoms with Crippen molar-refractivity contribution in [3.8, 4) is 0 Å². The van der Waals surface area contributed by atoms with E-state index >= 15 is 0 Å². The first-order chi connectivity index (χ1) is 18.7. The second-order valence-corrected chi connectivity index (χ2v) is 13.1. The van der Waals surface area contributed by atoms with Gasteiger partial charge >= 0.3 is 13.8 Å². The van der Waals surface area contributed by atoms with E-state index in [9.17, 15) is 14.3 Å². The minimum Gasteiger partial charge on any atom is -0.457 e. The summed E-state index contributed by atoms with van der Waals surface area (Å²) in [6.45, 7) is 7.72. The highest BCUT2D eigenvalue weighted by Crippen LogP contribution is 2.44. The number of phosphoric acid groups is 1. The van der Waals surface area contributed by atoms with Crippen molar-refractivity contribution < 1.29 is 32.8 Å². The van der Waals surface area contributed by atoms with E-state index in [0.29, 0.717) is 13.0 Å². The minimum absolute atomic E-state index is 0.0741. The molecule has 3 atom stereocenters. The number of phosphoric ester groups is 1. The Morgan fingerprint density at radius 2 is 1.49 bits per heavy atom. The molecule has 1 heterocycles. The predicted molar refractivity (Wildman–Crippen MR) is 161 cm³/mol. The van der Waals surface area contributed by atoms with E-state index in [2.05, 4.69) is 11.8 Å². The Bertz CT molecular complexity index is 736. The van der Waals surface area contributed by atoms with Gasteiger partial charge in [0.15, 0.2) is 6.10 Å². The number of thioether (sulfide) groups is 1. The molecule has 3 unspecified atom stereocenters. The number of carbonyl (C=O) groups is 1. The SMILES string of the molecule is CCCCCCCCCCCCCCCCOC(C)C(COP(=O)(O)OCCC1=C(C)N(C)CS1)OC(C)=O. The van der Waals surface area contributed by atoms with E-state index in [4.69, 9.17) is 18.5 Å². The molecule has 1 N–H and O–H groups in total. The van der Waals surface area contributed by atoms with Gasteiger partial charge < -0.3 is 19.3 Å². The molecule has 0 saturated heterocycles. The summed E-state index contributed by atoms with van der Waals surface area (Å²) in [7, 11) is -2.27. The number of unbranched alkanes of at least 4 members (excludes halogenated alkanes) is 13. The van der Waals surface area contributed by atoms with Gasteiger partial charge in [-0.1, -0.05) is 90.4 Å². The van der Waals surface area contributed by atoms with E-state index < -0.39 is 26.0 Å². The summed E-state index contributed by atoms with van der Waals surface area (Å²) in [6, 6.07) is 0. The number of ether oxygens (including phenoxy) is 2. The normalized spacial score (nSPS) is 16.9. The average Bonchev–Trinajstić information content (AvgIpc) is 3.20. The first kappa shape index (κ1) is 36.5. The molecule has 0 aliphatic carbocycles. The summed E-state index contributed by atoms with van der Waals surface area (Å²) >= 11 is 1.70.